The maximum atomic E-state index is 12.3. The molecule has 2 aliphatic rings. The number of carbonyl (C=O) groups is 2. The van der Waals surface area contributed by atoms with Crippen LogP contribution in [0.15, 0.2) is 0 Å². The van der Waals surface area contributed by atoms with E-state index in [1.165, 1.54) is 6.42 Å². The molecular formula is C17H32N4O2. The van der Waals surface area contributed by atoms with Crippen molar-refractivity contribution in [3.8, 4) is 0 Å². The highest BCUT2D eigenvalue weighted by molar-refractivity contribution is 5.79. The fraction of sp³-hybridized carbons (Fsp3) is 0.882. The molecule has 0 saturated carbocycles. The van der Waals surface area contributed by atoms with Gasteiger partial charge in [0.1, 0.15) is 0 Å². The second-order valence-electron chi connectivity index (χ2n) is 6.56. The van der Waals surface area contributed by atoms with E-state index < -0.39 is 0 Å². The summed E-state index contributed by atoms with van der Waals surface area (Å²) in [5.74, 6) is 0.491. The number of rotatable bonds is 6. The van der Waals surface area contributed by atoms with Crippen LogP contribution in [0.25, 0.3) is 0 Å². The number of piperidine rings is 1. The predicted molar refractivity (Wildman–Crippen MR) is 91.2 cm³/mol. The van der Waals surface area contributed by atoms with Crippen LogP contribution in [-0.2, 0) is 9.59 Å². The quantitative estimate of drug-likeness (QED) is 0.713. The molecule has 132 valence electrons. The summed E-state index contributed by atoms with van der Waals surface area (Å²) in [6.07, 6.45) is 3.54. The summed E-state index contributed by atoms with van der Waals surface area (Å²) in [4.78, 5) is 32.8. The Morgan fingerprint density at radius 2 is 1.30 bits per heavy atom. The smallest absolute Gasteiger partial charge is 0.236 e. The van der Waals surface area contributed by atoms with Gasteiger partial charge in [-0.25, -0.2) is 0 Å². The van der Waals surface area contributed by atoms with Crippen LogP contribution in [0, 0.1) is 0 Å². The number of likely N-dealkylation sites (tertiary alicyclic amines) is 1. The molecule has 2 amide bonds. The van der Waals surface area contributed by atoms with Gasteiger partial charge >= 0.3 is 0 Å². The van der Waals surface area contributed by atoms with Gasteiger partial charge in [0, 0.05) is 52.4 Å². The van der Waals surface area contributed by atoms with Gasteiger partial charge in [0.25, 0.3) is 0 Å². The Bertz CT molecular complexity index is 384. The number of nitrogens with zero attached hydrogens (tertiary/aromatic N) is 4. The van der Waals surface area contributed by atoms with Crippen LogP contribution >= 0.6 is 0 Å². The van der Waals surface area contributed by atoms with E-state index >= 15 is 0 Å². The van der Waals surface area contributed by atoms with Crippen molar-refractivity contribution in [1.29, 1.82) is 0 Å². The highest BCUT2D eigenvalue weighted by Crippen LogP contribution is 2.10. The summed E-state index contributed by atoms with van der Waals surface area (Å²) in [7, 11) is 0. The molecule has 6 heteroatoms. The minimum Gasteiger partial charge on any atom is -0.342 e. The van der Waals surface area contributed by atoms with Crippen LogP contribution in [-0.4, -0.2) is 96.9 Å². The third-order valence-electron chi connectivity index (χ3n) is 5.01. The zero-order valence-electron chi connectivity index (χ0n) is 14.8. The van der Waals surface area contributed by atoms with Crippen molar-refractivity contribution in [1.82, 2.24) is 19.6 Å². The van der Waals surface area contributed by atoms with E-state index in [0.717, 1.165) is 65.2 Å². The van der Waals surface area contributed by atoms with Crippen LogP contribution < -0.4 is 0 Å². The zero-order chi connectivity index (χ0) is 16.7. The third kappa shape index (κ3) is 5.46. The molecule has 0 N–H and O–H groups in total. The molecule has 0 aromatic rings. The van der Waals surface area contributed by atoms with Crippen LogP contribution in [0.1, 0.15) is 33.1 Å². The molecule has 0 spiro atoms. The fourth-order valence-corrected chi connectivity index (χ4v) is 3.41. The minimum atomic E-state index is 0.216. The molecule has 2 fully saturated rings. The molecule has 0 unspecified atom stereocenters. The highest BCUT2D eigenvalue weighted by atomic mass is 16.2. The second kappa shape index (κ2) is 9.23. The second-order valence-corrected chi connectivity index (χ2v) is 6.56. The Balaban J connectivity index is 1.69. The van der Waals surface area contributed by atoms with E-state index in [4.69, 9.17) is 0 Å². The van der Waals surface area contributed by atoms with Gasteiger partial charge in [0.2, 0.25) is 11.8 Å². The third-order valence-corrected chi connectivity index (χ3v) is 5.01. The molecule has 0 aromatic carbocycles. The molecule has 0 aromatic heterocycles. The lowest BCUT2D eigenvalue weighted by Crippen LogP contribution is -2.52. The maximum absolute atomic E-state index is 12.3. The van der Waals surface area contributed by atoms with E-state index in [0.29, 0.717) is 13.1 Å². The van der Waals surface area contributed by atoms with Gasteiger partial charge in [0.05, 0.1) is 13.1 Å². The van der Waals surface area contributed by atoms with Crippen LogP contribution in [0.4, 0.5) is 0 Å². The summed E-state index contributed by atoms with van der Waals surface area (Å²) in [5.41, 5.74) is 0. The zero-order valence-corrected chi connectivity index (χ0v) is 14.8. The predicted octanol–water partition coefficient (Wildman–Crippen LogP) is 0.485. The van der Waals surface area contributed by atoms with Crippen LogP contribution in [0.3, 0.4) is 0 Å². The van der Waals surface area contributed by atoms with E-state index in [1.807, 2.05) is 23.6 Å². The Hall–Kier alpha value is -1.14. The summed E-state index contributed by atoms with van der Waals surface area (Å²) >= 11 is 0. The molecule has 0 aliphatic carbocycles. The summed E-state index contributed by atoms with van der Waals surface area (Å²) in [6, 6.07) is 0. The van der Waals surface area contributed by atoms with E-state index in [2.05, 4.69) is 9.80 Å². The van der Waals surface area contributed by atoms with Crippen molar-refractivity contribution in [2.75, 3.05) is 65.4 Å². The number of piperazine rings is 1. The maximum Gasteiger partial charge on any atom is 0.236 e. The summed E-state index contributed by atoms with van der Waals surface area (Å²) in [6.45, 7) is 12.0. The summed E-state index contributed by atoms with van der Waals surface area (Å²) < 4.78 is 0. The Morgan fingerprint density at radius 1 is 0.783 bits per heavy atom. The first-order valence-corrected chi connectivity index (χ1v) is 9.14. The lowest BCUT2D eigenvalue weighted by Gasteiger charge is -2.36. The molecule has 6 nitrogen and oxygen atoms in total. The lowest BCUT2D eigenvalue weighted by atomic mass is 10.1. The van der Waals surface area contributed by atoms with Gasteiger partial charge in [-0.3, -0.25) is 19.4 Å². The number of hydrogen-bond donors (Lipinski definition) is 0. The van der Waals surface area contributed by atoms with Crippen molar-refractivity contribution in [3.05, 3.63) is 0 Å². The van der Waals surface area contributed by atoms with Crippen molar-refractivity contribution in [3.63, 3.8) is 0 Å². The largest absolute Gasteiger partial charge is 0.342 e. The van der Waals surface area contributed by atoms with Crippen LogP contribution in [0.2, 0.25) is 0 Å². The average molecular weight is 324 g/mol. The van der Waals surface area contributed by atoms with Gasteiger partial charge in [-0.05, 0) is 33.1 Å². The lowest BCUT2D eigenvalue weighted by molar-refractivity contribution is -0.135. The molecule has 2 rings (SSSR count). The molecule has 23 heavy (non-hydrogen) atoms. The molecule has 0 bridgehead atoms. The van der Waals surface area contributed by atoms with Crippen molar-refractivity contribution < 1.29 is 9.59 Å². The Morgan fingerprint density at radius 3 is 1.83 bits per heavy atom. The topological polar surface area (TPSA) is 47.1 Å². The van der Waals surface area contributed by atoms with Gasteiger partial charge < -0.3 is 9.80 Å². The van der Waals surface area contributed by atoms with Crippen molar-refractivity contribution in [2.45, 2.75) is 33.1 Å². The Labute approximate surface area is 140 Å². The number of amides is 2. The van der Waals surface area contributed by atoms with Gasteiger partial charge in [-0.1, -0.05) is 0 Å². The van der Waals surface area contributed by atoms with Gasteiger partial charge in [-0.15, -0.1) is 0 Å². The first kappa shape index (κ1) is 18.2. The monoisotopic (exact) mass is 324 g/mol. The SMILES string of the molecule is CCN(CC)C(=O)CN1CCN(CC(=O)N2CCCCC2)CC1. The van der Waals surface area contributed by atoms with Crippen LogP contribution in [0.5, 0.6) is 0 Å². The first-order chi connectivity index (χ1) is 11.1. The number of hydrogen-bond acceptors (Lipinski definition) is 4. The van der Waals surface area contributed by atoms with E-state index in [9.17, 15) is 9.59 Å². The minimum absolute atomic E-state index is 0.216. The normalized spacial score (nSPS) is 20.5. The number of likely N-dealkylation sites (N-methyl/N-ethyl adjacent to an activating group) is 1. The van der Waals surface area contributed by atoms with Crippen molar-refractivity contribution in [2.24, 2.45) is 0 Å². The van der Waals surface area contributed by atoms with Gasteiger partial charge in [-0.2, -0.15) is 0 Å². The molecule has 0 radical (unpaired) electrons. The molecule has 2 aliphatic heterocycles. The average Bonchev–Trinajstić information content (AvgIpc) is 2.58. The molecule has 2 heterocycles. The van der Waals surface area contributed by atoms with E-state index in [-0.39, 0.29) is 11.8 Å². The van der Waals surface area contributed by atoms with Crippen molar-refractivity contribution >= 4 is 11.8 Å². The highest BCUT2D eigenvalue weighted by Gasteiger charge is 2.24. The molecule has 0 atom stereocenters. The van der Waals surface area contributed by atoms with E-state index in [1.54, 1.807) is 0 Å². The van der Waals surface area contributed by atoms with Gasteiger partial charge in [0.15, 0.2) is 0 Å². The first-order valence-electron chi connectivity index (χ1n) is 9.14. The Kier molecular flexibility index (Phi) is 7.30. The molecule has 2 saturated heterocycles. The standard InChI is InChI=1S/C17H32N4O2/c1-3-20(4-2)16(22)14-18-10-12-19(13-11-18)15-17(23)21-8-6-5-7-9-21/h3-15H2,1-2H3. The fourth-order valence-electron chi connectivity index (χ4n) is 3.41. The molecular weight excluding hydrogens is 292 g/mol. The number of carbonyl (C=O) groups excluding carboxylic acids is 2. The summed E-state index contributed by atoms with van der Waals surface area (Å²) in [5, 5.41) is 0.